The lowest BCUT2D eigenvalue weighted by molar-refractivity contribution is -0.142. The van der Waals surface area contributed by atoms with Crippen LogP contribution in [-0.4, -0.2) is 28.6 Å². The second kappa shape index (κ2) is 7.44. The van der Waals surface area contributed by atoms with Crippen molar-refractivity contribution in [2.45, 2.75) is 24.9 Å². The average Bonchev–Trinajstić information content (AvgIpc) is 3.36. The number of thiophene rings is 1. The van der Waals surface area contributed by atoms with Gasteiger partial charge in [-0.25, -0.2) is 0 Å². The molecule has 1 aliphatic rings. The molecule has 0 saturated carbocycles. The Morgan fingerprint density at radius 1 is 1.00 bits per heavy atom. The first-order chi connectivity index (χ1) is 12.7. The predicted octanol–water partition coefficient (Wildman–Crippen LogP) is 5.05. The summed E-state index contributed by atoms with van der Waals surface area (Å²) in [5.74, 6) is -0.719. The standard InChI is InChI=1S/C22H21NO2S/c24-22(25)20-7-4-13-23(20)21(19-12-14-26-15-19)18-10-8-17(9-11-18)16-5-2-1-3-6-16/h1-3,5-6,8-12,14-15,20-21H,4,7,13H2,(H,24,25). The van der Waals surface area contributed by atoms with Crippen LogP contribution in [0.3, 0.4) is 0 Å². The smallest absolute Gasteiger partial charge is 0.320 e. The molecule has 26 heavy (non-hydrogen) atoms. The summed E-state index contributed by atoms with van der Waals surface area (Å²) >= 11 is 1.66. The summed E-state index contributed by atoms with van der Waals surface area (Å²) in [6.07, 6.45) is 1.65. The van der Waals surface area contributed by atoms with Crippen molar-refractivity contribution in [3.05, 3.63) is 82.6 Å². The maximum Gasteiger partial charge on any atom is 0.320 e. The highest BCUT2D eigenvalue weighted by Gasteiger charge is 2.36. The molecule has 0 aliphatic carbocycles. The van der Waals surface area contributed by atoms with E-state index in [2.05, 4.69) is 58.1 Å². The van der Waals surface area contributed by atoms with Crippen LogP contribution in [0.1, 0.15) is 30.0 Å². The second-order valence-corrected chi connectivity index (χ2v) is 7.46. The highest BCUT2D eigenvalue weighted by Crippen LogP contribution is 2.36. The molecule has 0 bridgehead atoms. The SMILES string of the molecule is O=C(O)C1CCCN1C(c1ccc(-c2ccccc2)cc1)c1ccsc1. The van der Waals surface area contributed by atoms with E-state index in [9.17, 15) is 9.90 Å². The molecule has 0 amide bonds. The first-order valence-corrected chi connectivity index (χ1v) is 9.84. The summed E-state index contributed by atoms with van der Waals surface area (Å²) in [5, 5.41) is 13.8. The fourth-order valence-corrected chi connectivity index (χ4v) is 4.54. The maximum absolute atomic E-state index is 11.7. The summed E-state index contributed by atoms with van der Waals surface area (Å²) in [4.78, 5) is 13.9. The van der Waals surface area contributed by atoms with Gasteiger partial charge in [0, 0.05) is 6.54 Å². The van der Waals surface area contributed by atoms with E-state index in [0.29, 0.717) is 0 Å². The molecule has 2 aromatic carbocycles. The van der Waals surface area contributed by atoms with E-state index < -0.39 is 12.0 Å². The molecular weight excluding hydrogens is 342 g/mol. The summed E-state index contributed by atoms with van der Waals surface area (Å²) in [5.41, 5.74) is 4.69. The summed E-state index contributed by atoms with van der Waals surface area (Å²) < 4.78 is 0. The van der Waals surface area contributed by atoms with Gasteiger partial charge >= 0.3 is 5.97 Å². The number of carboxylic acids is 1. The van der Waals surface area contributed by atoms with Crippen LogP contribution in [0.25, 0.3) is 11.1 Å². The Hall–Kier alpha value is -2.43. The van der Waals surface area contributed by atoms with Crippen LogP contribution in [0.4, 0.5) is 0 Å². The fraction of sp³-hybridized carbons (Fsp3) is 0.227. The number of hydrogen-bond acceptors (Lipinski definition) is 3. The van der Waals surface area contributed by atoms with Gasteiger partial charge < -0.3 is 5.11 Å². The Bertz CT molecular complexity index is 859. The summed E-state index contributed by atoms with van der Waals surface area (Å²) in [6, 6.07) is 20.6. The lowest BCUT2D eigenvalue weighted by Gasteiger charge is -2.31. The third-order valence-corrected chi connectivity index (χ3v) is 5.80. The quantitative estimate of drug-likeness (QED) is 0.689. The number of carbonyl (C=O) groups is 1. The minimum absolute atomic E-state index is 0.00493. The molecule has 1 aliphatic heterocycles. The molecule has 1 saturated heterocycles. The third-order valence-electron chi connectivity index (χ3n) is 5.10. The number of carboxylic acid groups (broad SMARTS) is 1. The molecule has 4 rings (SSSR count). The maximum atomic E-state index is 11.7. The molecule has 2 heterocycles. The molecule has 1 fully saturated rings. The van der Waals surface area contributed by atoms with Crippen molar-refractivity contribution in [1.82, 2.24) is 4.90 Å². The van der Waals surface area contributed by atoms with Gasteiger partial charge in [0.1, 0.15) is 6.04 Å². The van der Waals surface area contributed by atoms with Crippen LogP contribution in [0.2, 0.25) is 0 Å². The van der Waals surface area contributed by atoms with Gasteiger partial charge in [-0.05, 0) is 51.9 Å². The van der Waals surface area contributed by atoms with Crippen LogP contribution in [-0.2, 0) is 4.79 Å². The molecule has 132 valence electrons. The van der Waals surface area contributed by atoms with E-state index in [1.807, 2.05) is 18.2 Å². The van der Waals surface area contributed by atoms with E-state index in [1.165, 1.54) is 16.7 Å². The van der Waals surface area contributed by atoms with E-state index in [-0.39, 0.29) is 6.04 Å². The lowest BCUT2D eigenvalue weighted by Crippen LogP contribution is -2.39. The first kappa shape index (κ1) is 17.0. The molecule has 2 unspecified atom stereocenters. The van der Waals surface area contributed by atoms with Crippen LogP contribution in [0.5, 0.6) is 0 Å². The third kappa shape index (κ3) is 3.30. The van der Waals surface area contributed by atoms with Crippen LogP contribution in [0, 0.1) is 0 Å². The van der Waals surface area contributed by atoms with Crippen LogP contribution < -0.4 is 0 Å². The number of benzene rings is 2. The molecule has 0 radical (unpaired) electrons. The molecule has 3 nitrogen and oxygen atoms in total. The van der Waals surface area contributed by atoms with Crippen molar-refractivity contribution >= 4 is 17.3 Å². The van der Waals surface area contributed by atoms with Crippen molar-refractivity contribution in [2.75, 3.05) is 6.54 Å². The van der Waals surface area contributed by atoms with Crippen molar-refractivity contribution in [3.8, 4) is 11.1 Å². The molecule has 4 heteroatoms. The van der Waals surface area contributed by atoms with Crippen molar-refractivity contribution < 1.29 is 9.90 Å². The van der Waals surface area contributed by atoms with Gasteiger partial charge in [-0.2, -0.15) is 11.3 Å². The number of aliphatic carboxylic acids is 1. The summed E-state index contributed by atoms with van der Waals surface area (Å²) in [7, 11) is 0. The van der Waals surface area contributed by atoms with Crippen molar-refractivity contribution in [1.29, 1.82) is 0 Å². The van der Waals surface area contributed by atoms with Crippen molar-refractivity contribution in [3.63, 3.8) is 0 Å². The van der Waals surface area contributed by atoms with Gasteiger partial charge in [0.2, 0.25) is 0 Å². The second-order valence-electron chi connectivity index (χ2n) is 6.68. The molecule has 1 aromatic heterocycles. The molecule has 1 N–H and O–H groups in total. The molecule has 0 spiro atoms. The zero-order chi connectivity index (χ0) is 17.9. The number of rotatable bonds is 5. The topological polar surface area (TPSA) is 40.5 Å². The van der Waals surface area contributed by atoms with E-state index in [4.69, 9.17) is 0 Å². The lowest BCUT2D eigenvalue weighted by atomic mass is 9.96. The number of likely N-dealkylation sites (tertiary alicyclic amines) is 1. The normalized spacial score (nSPS) is 18.7. The number of nitrogens with zero attached hydrogens (tertiary/aromatic N) is 1. The van der Waals surface area contributed by atoms with Crippen LogP contribution in [0.15, 0.2) is 71.4 Å². The average molecular weight is 363 g/mol. The van der Waals surface area contributed by atoms with Gasteiger partial charge in [0.15, 0.2) is 0 Å². The Balaban J connectivity index is 1.70. The predicted molar refractivity (Wildman–Crippen MR) is 105 cm³/mol. The fourth-order valence-electron chi connectivity index (χ4n) is 3.86. The van der Waals surface area contributed by atoms with Crippen LogP contribution >= 0.6 is 11.3 Å². The van der Waals surface area contributed by atoms with E-state index >= 15 is 0 Å². The van der Waals surface area contributed by atoms with Gasteiger partial charge in [0.05, 0.1) is 6.04 Å². The highest BCUT2D eigenvalue weighted by atomic mass is 32.1. The summed E-state index contributed by atoms with van der Waals surface area (Å²) in [6.45, 7) is 0.817. The van der Waals surface area contributed by atoms with Gasteiger partial charge in [0.25, 0.3) is 0 Å². The zero-order valence-electron chi connectivity index (χ0n) is 14.4. The minimum atomic E-state index is -0.719. The Kier molecular flexibility index (Phi) is 4.87. The van der Waals surface area contributed by atoms with Gasteiger partial charge in [-0.1, -0.05) is 54.6 Å². The first-order valence-electron chi connectivity index (χ1n) is 8.90. The Labute approximate surface area is 157 Å². The van der Waals surface area contributed by atoms with E-state index in [1.54, 1.807) is 11.3 Å². The largest absolute Gasteiger partial charge is 0.480 e. The molecular formula is C22H21NO2S. The minimum Gasteiger partial charge on any atom is -0.480 e. The molecule has 3 aromatic rings. The van der Waals surface area contributed by atoms with Gasteiger partial charge in [-0.15, -0.1) is 0 Å². The monoisotopic (exact) mass is 363 g/mol. The highest BCUT2D eigenvalue weighted by molar-refractivity contribution is 7.08. The van der Waals surface area contributed by atoms with E-state index in [0.717, 1.165) is 24.9 Å². The van der Waals surface area contributed by atoms with Crippen molar-refractivity contribution in [2.24, 2.45) is 0 Å². The Morgan fingerprint density at radius 3 is 2.38 bits per heavy atom. The zero-order valence-corrected chi connectivity index (χ0v) is 15.2. The molecule has 2 atom stereocenters. The number of hydrogen-bond donors (Lipinski definition) is 1. The Morgan fingerprint density at radius 2 is 1.73 bits per heavy atom. The van der Waals surface area contributed by atoms with Gasteiger partial charge in [-0.3, -0.25) is 9.69 Å².